The number of halogens is 1. The summed E-state index contributed by atoms with van der Waals surface area (Å²) >= 11 is 1.24. The lowest BCUT2D eigenvalue weighted by Gasteiger charge is -2.13. The first kappa shape index (κ1) is 18.7. The summed E-state index contributed by atoms with van der Waals surface area (Å²) in [5.74, 6) is -0.140. The molecule has 2 aromatic heterocycles. The molecule has 0 fully saturated rings. The van der Waals surface area contributed by atoms with Crippen LogP contribution in [0.2, 0.25) is 0 Å². The number of aryl methyl sites for hydroxylation is 1. The zero-order valence-electron chi connectivity index (χ0n) is 15.0. The highest BCUT2D eigenvalue weighted by Gasteiger charge is 2.21. The smallest absolute Gasteiger partial charge is 0.236 e. The Morgan fingerprint density at radius 3 is 2.63 bits per heavy atom. The average molecular weight is 384 g/mol. The molecular formula is C18H17FN6OS. The van der Waals surface area contributed by atoms with Gasteiger partial charge in [-0.05, 0) is 43.7 Å². The van der Waals surface area contributed by atoms with Crippen molar-refractivity contribution in [2.24, 2.45) is 7.05 Å². The molecule has 0 atom stereocenters. The number of hydrogen-bond donors (Lipinski definition) is 1. The first-order valence-corrected chi connectivity index (χ1v) is 9.05. The highest BCUT2D eigenvalue weighted by Crippen LogP contribution is 2.30. The second-order valence-electron chi connectivity index (χ2n) is 5.92. The van der Waals surface area contributed by atoms with Crippen LogP contribution in [0.25, 0.3) is 5.69 Å². The highest BCUT2D eigenvalue weighted by molar-refractivity contribution is 7.99. The number of hydrogen-bond acceptors (Lipinski definition) is 5. The van der Waals surface area contributed by atoms with Crippen LogP contribution in [0.5, 0.6) is 0 Å². The number of rotatable bonds is 5. The molecule has 0 aliphatic carbocycles. The van der Waals surface area contributed by atoms with E-state index in [2.05, 4.69) is 21.6 Å². The fraction of sp³-hybridized carbons (Fsp3) is 0.222. The standard InChI is InChI=1S/C18H17FN6OS/c1-11-12(2)25(14-6-4-13(19)5-7-14)17(15(11)8-20)22-16(26)9-27-18-23-21-10-24(18)3/h4-7,10H,9H2,1-3H3,(H,22,26). The van der Waals surface area contributed by atoms with Crippen molar-refractivity contribution in [3.8, 4) is 11.8 Å². The summed E-state index contributed by atoms with van der Waals surface area (Å²) in [5, 5.41) is 20.7. The Balaban J connectivity index is 1.90. The maximum Gasteiger partial charge on any atom is 0.236 e. The van der Waals surface area contributed by atoms with Gasteiger partial charge in [0.25, 0.3) is 0 Å². The van der Waals surface area contributed by atoms with Crippen molar-refractivity contribution in [1.29, 1.82) is 5.26 Å². The second kappa shape index (κ2) is 7.63. The lowest BCUT2D eigenvalue weighted by molar-refractivity contribution is -0.113. The third-order valence-corrected chi connectivity index (χ3v) is 5.20. The Kier molecular flexibility index (Phi) is 5.28. The van der Waals surface area contributed by atoms with E-state index in [4.69, 9.17) is 0 Å². The van der Waals surface area contributed by atoms with Crippen LogP contribution in [0.3, 0.4) is 0 Å². The van der Waals surface area contributed by atoms with Gasteiger partial charge in [0.1, 0.15) is 24.0 Å². The van der Waals surface area contributed by atoms with Crippen molar-refractivity contribution in [2.75, 3.05) is 11.1 Å². The van der Waals surface area contributed by atoms with Gasteiger partial charge in [0.2, 0.25) is 5.91 Å². The van der Waals surface area contributed by atoms with E-state index in [0.717, 1.165) is 11.3 Å². The SMILES string of the molecule is Cc1c(C#N)c(NC(=O)CSc2nncn2C)n(-c2ccc(F)cc2)c1C. The van der Waals surface area contributed by atoms with Crippen LogP contribution in [0.1, 0.15) is 16.8 Å². The summed E-state index contributed by atoms with van der Waals surface area (Å²) in [5.41, 5.74) is 2.61. The van der Waals surface area contributed by atoms with Crippen LogP contribution in [0.15, 0.2) is 35.7 Å². The Morgan fingerprint density at radius 2 is 2.04 bits per heavy atom. The zero-order chi connectivity index (χ0) is 19.6. The van der Waals surface area contributed by atoms with E-state index in [1.165, 1.54) is 23.9 Å². The first-order valence-electron chi connectivity index (χ1n) is 8.07. The molecule has 138 valence electrons. The predicted octanol–water partition coefficient (Wildman–Crippen LogP) is 2.96. The van der Waals surface area contributed by atoms with Crippen LogP contribution >= 0.6 is 11.8 Å². The van der Waals surface area contributed by atoms with Gasteiger partial charge in [-0.1, -0.05) is 11.8 Å². The van der Waals surface area contributed by atoms with Crippen LogP contribution in [-0.2, 0) is 11.8 Å². The molecule has 27 heavy (non-hydrogen) atoms. The van der Waals surface area contributed by atoms with Gasteiger partial charge in [0, 0.05) is 18.4 Å². The van der Waals surface area contributed by atoms with E-state index in [1.807, 2.05) is 13.8 Å². The number of nitriles is 1. The number of carbonyl (C=O) groups is 1. The molecule has 0 spiro atoms. The van der Waals surface area contributed by atoms with Crippen molar-refractivity contribution >= 4 is 23.5 Å². The van der Waals surface area contributed by atoms with Gasteiger partial charge in [-0.15, -0.1) is 10.2 Å². The van der Waals surface area contributed by atoms with Crippen molar-refractivity contribution in [3.63, 3.8) is 0 Å². The Morgan fingerprint density at radius 1 is 1.33 bits per heavy atom. The number of benzene rings is 1. The molecule has 7 nitrogen and oxygen atoms in total. The van der Waals surface area contributed by atoms with Crippen molar-refractivity contribution in [3.05, 3.63) is 53.2 Å². The molecule has 2 heterocycles. The first-order chi connectivity index (χ1) is 12.9. The van der Waals surface area contributed by atoms with Gasteiger partial charge in [0.05, 0.1) is 11.3 Å². The molecule has 0 saturated carbocycles. The highest BCUT2D eigenvalue weighted by atomic mass is 32.2. The average Bonchev–Trinajstić information content (AvgIpc) is 3.15. The molecule has 1 N–H and O–H groups in total. The minimum Gasteiger partial charge on any atom is -0.312 e. The normalized spacial score (nSPS) is 10.6. The van der Waals surface area contributed by atoms with E-state index < -0.39 is 0 Å². The summed E-state index contributed by atoms with van der Waals surface area (Å²) in [6.45, 7) is 3.67. The van der Waals surface area contributed by atoms with Crippen LogP contribution in [0.4, 0.5) is 10.2 Å². The molecule has 0 saturated heterocycles. The summed E-state index contributed by atoms with van der Waals surface area (Å²) in [4.78, 5) is 12.5. The maximum atomic E-state index is 13.3. The third-order valence-electron chi connectivity index (χ3n) is 4.17. The molecular weight excluding hydrogens is 367 g/mol. The molecule has 1 amide bonds. The lowest BCUT2D eigenvalue weighted by atomic mass is 10.2. The monoisotopic (exact) mass is 384 g/mol. The summed E-state index contributed by atoms with van der Waals surface area (Å²) < 4.78 is 16.7. The van der Waals surface area contributed by atoms with E-state index in [0.29, 0.717) is 22.2 Å². The van der Waals surface area contributed by atoms with E-state index >= 15 is 0 Å². The van der Waals surface area contributed by atoms with Gasteiger partial charge in [-0.25, -0.2) is 4.39 Å². The number of nitrogens with zero attached hydrogens (tertiary/aromatic N) is 5. The number of anilines is 1. The molecule has 0 radical (unpaired) electrons. The fourth-order valence-electron chi connectivity index (χ4n) is 2.68. The van der Waals surface area contributed by atoms with Crippen molar-refractivity contribution < 1.29 is 9.18 Å². The molecule has 3 aromatic rings. The van der Waals surface area contributed by atoms with E-state index in [9.17, 15) is 14.4 Å². The Labute approximate surface area is 159 Å². The molecule has 0 aliphatic heterocycles. The number of nitrogens with one attached hydrogen (secondary N) is 1. The molecule has 3 rings (SSSR count). The minimum atomic E-state index is -0.355. The zero-order valence-corrected chi connectivity index (χ0v) is 15.8. The molecule has 0 bridgehead atoms. The Hall–Kier alpha value is -3.12. The fourth-order valence-corrected chi connectivity index (χ4v) is 3.36. The molecule has 0 aliphatic rings. The summed E-state index contributed by atoms with van der Waals surface area (Å²) in [7, 11) is 1.79. The van der Waals surface area contributed by atoms with Crippen LogP contribution in [0, 0.1) is 31.0 Å². The number of aromatic nitrogens is 4. The largest absolute Gasteiger partial charge is 0.312 e. The topological polar surface area (TPSA) is 88.5 Å². The molecule has 9 heteroatoms. The number of carbonyl (C=O) groups excluding carboxylic acids is 1. The van der Waals surface area contributed by atoms with Gasteiger partial charge in [0.15, 0.2) is 5.16 Å². The van der Waals surface area contributed by atoms with Gasteiger partial charge in [-0.2, -0.15) is 5.26 Å². The Bertz CT molecular complexity index is 1030. The van der Waals surface area contributed by atoms with E-state index in [1.54, 1.807) is 34.6 Å². The number of amides is 1. The summed E-state index contributed by atoms with van der Waals surface area (Å²) in [6.07, 6.45) is 1.56. The van der Waals surface area contributed by atoms with Gasteiger partial charge >= 0.3 is 0 Å². The molecule has 1 aromatic carbocycles. The van der Waals surface area contributed by atoms with E-state index in [-0.39, 0.29) is 17.5 Å². The summed E-state index contributed by atoms with van der Waals surface area (Å²) in [6, 6.07) is 8.03. The number of thioether (sulfide) groups is 1. The van der Waals surface area contributed by atoms with Gasteiger partial charge in [-0.3, -0.25) is 9.36 Å². The van der Waals surface area contributed by atoms with Crippen molar-refractivity contribution in [2.45, 2.75) is 19.0 Å². The third kappa shape index (κ3) is 3.71. The van der Waals surface area contributed by atoms with Crippen LogP contribution < -0.4 is 5.32 Å². The minimum absolute atomic E-state index is 0.115. The second-order valence-corrected chi connectivity index (χ2v) is 6.86. The quantitative estimate of drug-likeness (QED) is 0.683. The maximum absolute atomic E-state index is 13.3. The van der Waals surface area contributed by atoms with Crippen LogP contribution in [-0.4, -0.2) is 31.0 Å². The molecule has 0 unspecified atom stereocenters. The van der Waals surface area contributed by atoms with Gasteiger partial charge < -0.3 is 9.88 Å². The predicted molar refractivity (Wildman–Crippen MR) is 100 cm³/mol. The lowest BCUT2D eigenvalue weighted by Crippen LogP contribution is -2.18. The van der Waals surface area contributed by atoms with Crippen molar-refractivity contribution in [1.82, 2.24) is 19.3 Å².